The maximum Gasteiger partial charge on any atom is 0.256 e. The fourth-order valence-corrected chi connectivity index (χ4v) is 2.84. The van der Waals surface area contributed by atoms with Crippen LogP contribution in [0.2, 0.25) is 5.28 Å². The van der Waals surface area contributed by atoms with Gasteiger partial charge in [0.15, 0.2) is 0 Å². The Balaban J connectivity index is 1.76. The van der Waals surface area contributed by atoms with Gasteiger partial charge in [0.25, 0.3) is 5.95 Å². The molecule has 3 aromatic rings. The van der Waals surface area contributed by atoms with E-state index in [2.05, 4.69) is 44.4 Å². The number of rotatable bonds is 5. The average molecular weight is 321 g/mol. The van der Waals surface area contributed by atoms with E-state index in [0.29, 0.717) is 18.4 Å². The summed E-state index contributed by atoms with van der Waals surface area (Å²) in [7, 11) is 0. The second kappa shape index (κ2) is 6.19. The molecule has 3 aromatic heterocycles. The van der Waals surface area contributed by atoms with Crippen molar-refractivity contribution in [3.05, 3.63) is 45.6 Å². The van der Waals surface area contributed by atoms with Gasteiger partial charge in [-0.2, -0.15) is 20.1 Å². The molecule has 6 nitrogen and oxygen atoms in total. The van der Waals surface area contributed by atoms with Gasteiger partial charge < -0.3 is 5.32 Å². The van der Waals surface area contributed by atoms with E-state index in [0.717, 1.165) is 6.42 Å². The van der Waals surface area contributed by atoms with Gasteiger partial charge in [-0.25, -0.2) is 4.68 Å². The Bertz CT molecular complexity index is 724. The quantitative estimate of drug-likeness (QED) is 0.782. The molecule has 0 radical (unpaired) electrons. The van der Waals surface area contributed by atoms with Crippen molar-refractivity contribution in [3.8, 4) is 5.95 Å². The molecule has 0 amide bonds. The Morgan fingerprint density at radius 1 is 1.24 bits per heavy atom. The first-order chi connectivity index (χ1) is 10.2. The van der Waals surface area contributed by atoms with Gasteiger partial charge in [-0.3, -0.25) is 0 Å². The van der Waals surface area contributed by atoms with Gasteiger partial charge in [-0.05, 0) is 36.2 Å². The van der Waals surface area contributed by atoms with Gasteiger partial charge in [0.2, 0.25) is 11.2 Å². The third-order valence-corrected chi connectivity index (χ3v) is 4.19. The largest absolute Gasteiger partial charge is 0.349 e. The van der Waals surface area contributed by atoms with Crippen molar-refractivity contribution in [1.29, 1.82) is 0 Å². The highest BCUT2D eigenvalue weighted by molar-refractivity contribution is 7.12. The number of hydrogen-bond donors (Lipinski definition) is 1. The van der Waals surface area contributed by atoms with Gasteiger partial charge in [0.1, 0.15) is 0 Å². The molecule has 0 aromatic carbocycles. The first kappa shape index (κ1) is 14.0. The second-order valence-corrected chi connectivity index (χ2v) is 5.84. The van der Waals surface area contributed by atoms with Crippen molar-refractivity contribution < 1.29 is 0 Å². The molecule has 1 N–H and O–H groups in total. The lowest BCUT2D eigenvalue weighted by Crippen LogP contribution is -2.08. The molecule has 0 spiro atoms. The number of aryl methyl sites for hydroxylation is 1. The third kappa shape index (κ3) is 3.37. The molecule has 3 rings (SSSR count). The molecule has 0 bridgehead atoms. The van der Waals surface area contributed by atoms with Crippen LogP contribution >= 0.6 is 22.9 Å². The number of nitrogens with zero attached hydrogens (tertiary/aromatic N) is 5. The van der Waals surface area contributed by atoms with E-state index in [1.54, 1.807) is 34.5 Å². The van der Waals surface area contributed by atoms with Crippen LogP contribution in [0.15, 0.2) is 30.6 Å². The van der Waals surface area contributed by atoms with Gasteiger partial charge in [-0.1, -0.05) is 6.92 Å². The van der Waals surface area contributed by atoms with Crippen LogP contribution in [0.25, 0.3) is 5.95 Å². The van der Waals surface area contributed by atoms with E-state index >= 15 is 0 Å². The van der Waals surface area contributed by atoms with Crippen LogP contribution in [0.3, 0.4) is 0 Å². The molecule has 0 atom stereocenters. The lowest BCUT2D eigenvalue weighted by Gasteiger charge is -2.05. The fourth-order valence-electron chi connectivity index (χ4n) is 1.78. The Kier molecular flexibility index (Phi) is 4.12. The predicted octanol–water partition coefficient (Wildman–Crippen LogP) is 2.95. The van der Waals surface area contributed by atoms with Crippen molar-refractivity contribution in [2.24, 2.45) is 0 Å². The lowest BCUT2D eigenvalue weighted by atomic mass is 10.4. The molecule has 0 aliphatic carbocycles. The van der Waals surface area contributed by atoms with E-state index in [4.69, 9.17) is 11.6 Å². The third-order valence-electron chi connectivity index (χ3n) is 2.79. The highest BCUT2D eigenvalue weighted by atomic mass is 35.5. The van der Waals surface area contributed by atoms with Crippen LogP contribution in [0, 0.1) is 0 Å². The SMILES string of the molecule is CCc1ccc(CNc2nc(Cl)nc(-n3cccn3)n2)s1. The zero-order valence-corrected chi connectivity index (χ0v) is 12.9. The molecular weight excluding hydrogens is 308 g/mol. The number of nitrogens with one attached hydrogen (secondary N) is 1. The van der Waals surface area contributed by atoms with E-state index in [1.165, 1.54) is 9.75 Å². The minimum atomic E-state index is 0.137. The summed E-state index contributed by atoms with van der Waals surface area (Å²) in [5.41, 5.74) is 0. The van der Waals surface area contributed by atoms with Crippen LogP contribution in [0.5, 0.6) is 0 Å². The van der Waals surface area contributed by atoms with Crippen LogP contribution in [-0.2, 0) is 13.0 Å². The number of anilines is 1. The van der Waals surface area contributed by atoms with Crippen molar-refractivity contribution in [2.75, 3.05) is 5.32 Å². The standard InChI is InChI=1S/C13H13ClN6S/c1-2-9-4-5-10(21-9)8-15-12-17-11(14)18-13(19-12)20-7-3-6-16-20/h3-7H,2,8H2,1H3,(H,15,17,18,19). The van der Waals surface area contributed by atoms with Crippen LogP contribution < -0.4 is 5.32 Å². The summed E-state index contributed by atoms with van der Waals surface area (Å²) in [6.45, 7) is 2.80. The van der Waals surface area contributed by atoms with E-state index in [9.17, 15) is 0 Å². The summed E-state index contributed by atoms with van der Waals surface area (Å²) >= 11 is 7.71. The number of hydrogen-bond acceptors (Lipinski definition) is 6. The highest BCUT2D eigenvalue weighted by Gasteiger charge is 2.07. The Morgan fingerprint density at radius 2 is 2.10 bits per heavy atom. The number of aromatic nitrogens is 5. The second-order valence-electron chi connectivity index (χ2n) is 4.25. The molecule has 0 fully saturated rings. The van der Waals surface area contributed by atoms with Crippen LogP contribution in [0.1, 0.15) is 16.7 Å². The monoisotopic (exact) mass is 320 g/mol. The summed E-state index contributed by atoms with van der Waals surface area (Å²) in [4.78, 5) is 15.0. The molecule has 108 valence electrons. The van der Waals surface area contributed by atoms with Crippen LogP contribution in [0.4, 0.5) is 5.95 Å². The Hall–Kier alpha value is -1.99. The van der Waals surface area contributed by atoms with E-state index < -0.39 is 0 Å². The Morgan fingerprint density at radius 3 is 2.81 bits per heavy atom. The number of thiophene rings is 1. The molecule has 0 aliphatic rings. The topological polar surface area (TPSA) is 68.5 Å². The summed E-state index contributed by atoms with van der Waals surface area (Å²) in [5, 5.41) is 7.38. The molecule has 8 heteroatoms. The molecule has 3 heterocycles. The van der Waals surface area contributed by atoms with Crippen molar-refractivity contribution >= 4 is 28.9 Å². The molecule has 0 aliphatic heterocycles. The minimum absolute atomic E-state index is 0.137. The minimum Gasteiger partial charge on any atom is -0.349 e. The smallest absolute Gasteiger partial charge is 0.256 e. The molecule has 0 saturated heterocycles. The van der Waals surface area contributed by atoms with E-state index in [-0.39, 0.29) is 5.28 Å². The summed E-state index contributed by atoms with van der Waals surface area (Å²) in [6.07, 6.45) is 4.46. The van der Waals surface area contributed by atoms with Crippen LogP contribution in [-0.4, -0.2) is 24.7 Å². The summed E-state index contributed by atoms with van der Waals surface area (Å²) in [5.74, 6) is 0.829. The van der Waals surface area contributed by atoms with Gasteiger partial charge in [0, 0.05) is 22.1 Å². The van der Waals surface area contributed by atoms with Crippen molar-refractivity contribution in [3.63, 3.8) is 0 Å². The first-order valence-electron chi connectivity index (χ1n) is 6.47. The van der Waals surface area contributed by atoms with Gasteiger partial charge >= 0.3 is 0 Å². The molecule has 0 unspecified atom stereocenters. The normalized spacial score (nSPS) is 10.8. The first-order valence-corrected chi connectivity index (χ1v) is 7.67. The fraction of sp³-hybridized carbons (Fsp3) is 0.231. The zero-order chi connectivity index (χ0) is 14.7. The number of halogens is 1. The maximum absolute atomic E-state index is 5.93. The van der Waals surface area contributed by atoms with Crippen molar-refractivity contribution in [1.82, 2.24) is 24.7 Å². The predicted molar refractivity (Wildman–Crippen MR) is 83.0 cm³/mol. The van der Waals surface area contributed by atoms with Gasteiger partial charge in [-0.15, -0.1) is 11.3 Å². The Labute approximate surface area is 130 Å². The molecular formula is C13H13ClN6S. The lowest BCUT2D eigenvalue weighted by molar-refractivity contribution is 0.795. The van der Waals surface area contributed by atoms with Crippen molar-refractivity contribution in [2.45, 2.75) is 19.9 Å². The zero-order valence-electron chi connectivity index (χ0n) is 11.3. The summed E-state index contributed by atoms with van der Waals surface area (Å²) in [6, 6.07) is 6.04. The van der Waals surface area contributed by atoms with E-state index in [1.807, 2.05) is 0 Å². The maximum atomic E-state index is 5.93. The average Bonchev–Trinajstić information content (AvgIpc) is 3.16. The molecule has 0 saturated carbocycles. The molecule has 21 heavy (non-hydrogen) atoms. The summed E-state index contributed by atoms with van der Waals surface area (Å²) < 4.78 is 1.54. The van der Waals surface area contributed by atoms with Gasteiger partial charge in [0.05, 0.1) is 6.54 Å². The highest BCUT2D eigenvalue weighted by Crippen LogP contribution is 2.18.